The van der Waals surface area contributed by atoms with Crippen LogP contribution in [0.25, 0.3) is 0 Å². The molecule has 138 valence electrons. The quantitative estimate of drug-likeness (QED) is 0.425. The molecule has 0 saturated heterocycles. The Balaban J connectivity index is 1.59. The predicted octanol–water partition coefficient (Wildman–Crippen LogP) is 3.77. The standard InChI is InChI=1S/C22H20O5/c1-2-15-25-18-9-7-17(8-10-18)22(24)27-20-13-11-19(12-14-20)26-21(23)16-5-3-4-6-16/h3-14,23H,2,15H2,1H3/p-1. The van der Waals surface area contributed by atoms with Gasteiger partial charge in [0.15, 0.2) is 0 Å². The van der Waals surface area contributed by atoms with Gasteiger partial charge in [-0.25, -0.2) is 4.79 Å². The number of rotatable bonds is 7. The zero-order valence-electron chi connectivity index (χ0n) is 14.9. The van der Waals surface area contributed by atoms with E-state index in [1.165, 1.54) is 0 Å². The lowest BCUT2D eigenvalue weighted by Crippen LogP contribution is -2.13. The van der Waals surface area contributed by atoms with E-state index in [0.717, 1.165) is 6.42 Å². The minimum atomic E-state index is -0.474. The maximum absolute atomic E-state index is 12.2. The van der Waals surface area contributed by atoms with E-state index in [0.29, 0.717) is 35.0 Å². The third-order valence-corrected chi connectivity index (χ3v) is 3.71. The first kappa shape index (κ1) is 18.3. The fourth-order valence-electron chi connectivity index (χ4n) is 2.32. The van der Waals surface area contributed by atoms with Gasteiger partial charge in [-0.1, -0.05) is 31.2 Å². The molecule has 2 aromatic carbocycles. The Morgan fingerprint density at radius 3 is 2.00 bits per heavy atom. The molecule has 1 aliphatic carbocycles. The molecule has 3 rings (SSSR count). The van der Waals surface area contributed by atoms with Crippen molar-refractivity contribution in [3.8, 4) is 17.2 Å². The van der Waals surface area contributed by atoms with E-state index < -0.39 is 11.9 Å². The molecular formula is C22H19O5-. The van der Waals surface area contributed by atoms with E-state index in [1.807, 2.05) is 6.92 Å². The Kier molecular flexibility index (Phi) is 5.94. The molecule has 0 aromatic heterocycles. The number of benzene rings is 2. The van der Waals surface area contributed by atoms with Crippen molar-refractivity contribution >= 4 is 5.97 Å². The fraction of sp³-hybridized carbons (Fsp3) is 0.136. The van der Waals surface area contributed by atoms with Crippen LogP contribution in [0.15, 0.2) is 84.4 Å². The maximum Gasteiger partial charge on any atom is 0.343 e. The summed E-state index contributed by atoms with van der Waals surface area (Å²) in [6.07, 6.45) is 7.80. The molecule has 0 N–H and O–H groups in total. The molecule has 1 aliphatic rings. The summed E-state index contributed by atoms with van der Waals surface area (Å²) >= 11 is 0. The van der Waals surface area contributed by atoms with Crippen LogP contribution < -0.4 is 19.3 Å². The number of hydrogen-bond acceptors (Lipinski definition) is 5. The van der Waals surface area contributed by atoms with Crippen LogP contribution in [0.3, 0.4) is 0 Å². The first-order chi connectivity index (χ1) is 13.2. The summed E-state index contributed by atoms with van der Waals surface area (Å²) in [6.45, 7) is 2.66. The molecule has 0 unspecified atom stereocenters. The predicted molar refractivity (Wildman–Crippen MR) is 99.6 cm³/mol. The molecule has 0 atom stereocenters. The van der Waals surface area contributed by atoms with Crippen LogP contribution in [-0.2, 0) is 0 Å². The van der Waals surface area contributed by atoms with Crippen LogP contribution >= 0.6 is 0 Å². The highest BCUT2D eigenvalue weighted by atomic mass is 16.6. The van der Waals surface area contributed by atoms with E-state index in [2.05, 4.69) is 0 Å². The van der Waals surface area contributed by atoms with Gasteiger partial charge in [-0.3, -0.25) is 0 Å². The highest BCUT2D eigenvalue weighted by Gasteiger charge is 2.09. The van der Waals surface area contributed by atoms with Gasteiger partial charge in [0.25, 0.3) is 0 Å². The third-order valence-electron chi connectivity index (χ3n) is 3.71. The van der Waals surface area contributed by atoms with E-state index >= 15 is 0 Å². The second-order valence-corrected chi connectivity index (χ2v) is 5.80. The van der Waals surface area contributed by atoms with Crippen molar-refractivity contribution in [1.29, 1.82) is 0 Å². The molecule has 27 heavy (non-hydrogen) atoms. The van der Waals surface area contributed by atoms with Gasteiger partial charge in [0.1, 0.15) is 11.5 Å². The highest BCUT2D eigenvalue weighted by molar-refractivity contribution is 5.91. The Morgan fingerprint density at radius 2 is 1.41 bits per heavy atom. The van der Waals surface area contributed by atoms with Crippen molar-refractivity contribution in [3.63, 3.8) is 0 Å². The smallest absolute Gasteiger partial charge is 0.343 e. The average Bonchev–Trinajstić information content (AvgIpc) is 3.23. The zero-order valence-corrected chi connectivity index (χ0v) is 14.9. The van der Waals surface area contributed by atoms with E-state index in [1.54, 1.807) is 72.8 Å². The summed E-state index contributed by atoms with van der Waals surface area (Å²) in [4.78, 5) is 12.2. The van der Waals surface area contributed by atoms with Gasteiger partial charge in [0.05, 0.1) is 18.1 Å². The van der Waals surface area contributed by atoms with Crippen LogP contribution in [0, 0.1) is 0 Å². The van der Waals surface area contributed by atoms with E-state index in [4.69, 9.17) is 14.2 Å². The second-order valence-electron chi connectivity index (χ2n) is 5.80. The monoisotopic (exact) mass is 363 g/mol. The molecule has 0 saturated carbocycles. The zero-order chi connectivity index (χ0) is 19.1. The first-order valence-corrected chi connectivity index (χ1v) is 8.64. The lowest BCUT2D eigenvalue weighted by atomic mass is 10.2. The molecule has 5 heteroatoms. The Labute approximate surface area is 157 Å². The minimum Gasteiger partial charge on any atom is -0.579 e. The highest BCUT2D eigenvalue weighted by Crippen LogP contribution is 2.22. The van der Waals surface area contributed by atoms with E-state index in [9.17, 15) is 9.90 Å². The van der Waals surface area contributed by atoms with E-state index in [-0.39, 0.29) is 0 Å². The summed E-state index contributed by atoms with van der Waals surface area (Å²) in [5, 5.41) is 11.9. The number of allylic oxidation sites excluding steroid dienone is 5. The van der Waals surface area contributed by atoms with Gasteiger partial charge < -0.3 is 19.3 Å². The van der Waals surface area contributed by atoms with Crippen LogP contribution in [0.1, 0.15) is 23.7 Å². The fourth-order valence-corrected chi connectivity index (χ4v) is 2.32. The lowest BCUT2D eigenvalue weighted by molar-refractivity contribution is -0.343. The molecular weight excluding hydrogens is 344 g/mol. The Morgan fingerprint density at radius 1 is 0.852 bits per heavy atom. The summed E-state index contributed by atoms with van der Waals surface area (Å²) in [7, 11) is 0. The van der Waals surface area contributed by atoms with Crippen LogP contribution in [-0.4, -0.2) is 12.6 Å². The van der Waals surface area contributed by atoms with Gasteiger partial charge in [-0.05, 0) is 60.5 Å². The van der Waals surface area contributed by atoms with Gasteiger partial charge in [0.2, 0.25) is 0 Å². The normalized spacial score (nSPS) is 12.1. The molecule has 2 aromatic rings. The number of esters is 1. The maximum atomic E-state index is 12.2. The molecule has 5 nitrogen and oxygen atoms in total. The first-order valence-electron chi connectivity index (χ1n) is 8.64. The summed E-state index contributed by atoms with van der Waals surface area (Å²) in [6, 6.07) is 13.1. The molecule has 0 aliphatic heterocycles. The lowest BCUT2D eigenvalue weighted by Gasteiger charge is -2.17. The molecule has 0 fully saturated rings. The Hall–Kier alpha value is -3.47. The average molecular weight is 363 g/mol. The van der Waals surface area contributed by atoms with Crippen LogP contribution in [0.5, 0.6) is 17.2 Å². The van der Waals surface area contributed by atoms with Crippen molar-refractivity contribution in [2.24, 2.45) is 0 Å². The van der Waals surface area contributed by atoms with Crippen molar-refractivity contribution in [3.05, 3.63) is 89.9 Å². The van der Waals surface area contributed by atoms with Crippen molar-refractivity contribution in [2.75, 3.05) is 6.61 Å². The van der Waals surface area contributed by atoms with Gasteiger partial charge in [-0.15, -0.1) is 0 Å². The topological polar surface area (TPSA) is 67.8 Å². The van der Waals surface area contributed by atoms with Gasteiger partial charge in [0, 0.05) is 5.75 Å². The van der Waals surface area contributed by atoms with Crippen molar-refractivity contribution in [2.45, 2.75) is 13.3 Å². The van der Waals surface area contributed by atoms with Gasteiger partial charge in [-0.2, -0.15) is 0 Å². The molecule has 0 heterocycles. The number of ether oxygens (including phenoxy) is 3. The molecule has 0 spiro atoms. The second kappa shape index (κ2) is 8.76. The SMILES string of the molecule is CCCOc1ccc(C(=O)Oc2ccc(OC([O-])=C3C=CC=C3)cc2)cc1. The molecule has 0 radical (unpaired) electrons. The largest absolute Gasteiger partial charge is 0.579 e. The minimum absolute atomic E-state index is 0.361. The van der Waals surface area contributed by atoms with Crippen LogP contribution in [0.4, 0.5) is 0 Å². The number of hydrogen-bond donors (Lipinski definition) is 0. The third kappa shape index (κ3) is 5.01. The van der Waals surface area contributed by atoms with Crippen molar-refractivity contribution < 1.29 is 24.1 Å². The van der Waals surface area contributed by atoms with Crippen LogP contribution in [0.2, 0.25) is 0 Å². The summed E-state index contributed by atoms with van der Waals surface area (Å²) < 4.78 is 16.1. The summed E-state index contributed by atoms with van der Waals surface area (Å²) in [5.74, 6) is 0.538. The molecule has 0 bridgehead atoms. The summed E-state index contributed by atoms with van der Waals surface area (Å²) in [5.41, 5.74) is 0.905. The van der Waals surface area contributed by atoms with Gasteiger partial charge >= 0.3 is 5.97 Å². The molecule has 0 amide bonds. The number of carbonyl (C=O) groups excluding carboxylic acids is 1. The Bertz CT molecular complexity index is 860. The number of carbonyl (C=O) groups is 1. The van der Waals surface area contributed by atoms with Crippen molar-refractivity contribution in [1.82, 2.24) is 0 Å².